The molecule has 0 aliphatic heterocycles. The zero-order valence-electron chi connectivity index (χ0n) is 10.3. The van der Waals surface area contributed by atoms with Gasteiger partial charge in [0.25, 0.3) is 0 Å². The van der Waals surface area contributed by atoms with Gasteiger partial charge in [-0.15, -0.1) is 11.3 Å². The molecule has 0 N–H and O–H groups in total. The van der Waals surface area contributed by atoms with Crippen molar-refractivity contribution in [2.45, 2.75) is 10.6 Å². The molecule has 3 aromatic rings. The molecule has 0 unspecified atom stereocenters. The Morgan fingerprint density at radius 1 is 1.30 bits per heavy atom. The van der Waals surface area contributed by atoms with Crippen molar-refractivity contribution in [2.24, 2.45) is 0 Å². The number of aromatic nitrogens is 1. The highest BCUT2D eigenvalue weighted by Gasteiger charge is 2.12. The van der Waals surface area contributed by atoms with Gasteiger partial charge < -0.3 is 4.42 Å². The highest BCUT2D eigenvalue weighted by molar-refractivity contribution is 7.84. The van der Waals surface area contributed by atoms with Crippen LogP contribution in [-0.2, 0) is 16.6 Å². The molecule has 1 atom stereocenters. The molecule has 0 saturated carbocycles. The van der Waals surface area contributed by atoms with Crippen molar-refractivity contribution >= 4 is 22.1 Å². The van der Waals surface area contributed by atoms with E-state index < -0.39 is 16.6 Å². The lowest BCUT2D eigenvalue weighted by Gasteiger charge is -1.99. The maximum Gasteiger partial charge on any atom is 0.236 e. The fraction of sp³-hybridized carbons (Fsp3) is 0.0714. The van der Waals surface area contributed by atoms with Gasteiger partial charge in [-0.2, -0.15) is 0 Å². The number of hydrogen-bond acceptors (Lipinski definition) is 4. The largest absolute Gasteiger partial charge is 0.444 e. The molecule has 2 aromatic heterocycles. The van der Waals surface area contributed by atoms with Crippen LogP contribution < -0.4 is 0 Å². The molecule has 2 heterocycles. The zero-order valence-corrected chi connectivity index (χ0v) is 11.9. The van der Waals surface area contributed by atoms with Crippen molar-refractivity contribution in [2.75, 3.05) is 0 Å². The second kappa shape index (κ2) is 5.68. The van der Waals surface area contributed by atoms with Gasteiger partial charge in [-0.1, -0.05) is 12.1 Å². The maximum absolute atomic E-state index is 13.1. The van der Waals surface area contributed by atoms with Crippen LogP contribution in [0.25, 0.3) is 10.8 Å². The number of hydrogen-bond donors (Lipinski definition) is 0. The minimum absolute atomic E-state index is 0.207. The van der Waals surface area contributed by atoms with Crippen molar-refractivity contribution < 1.29 is 13.0 Å². The summed E-state index contributed by atoms with van der Waals surface area (Å²) in [6, 6.07) is 9.60. The van der Waals surface area contributed by atoms with E-state index >= 15 is 0 Å². The number of rotatable bonds is 4. The van der Waals surface area contributed by atoms with Gasteiger partial charge in [0.05, 0.1) is 27.1 Å². The fourth-order valence-electron chi connectivity index (χ4n) is 1.71. The first-order valence-electron chi connectivity index (χ1n) is 5.84. The third-order valence-corrected chi connectivity index (χ3v) is 4.82. The Morgan fingerprint density at radius 2 is 2.20 bits per heavy atom. The maximum atomic E-state index is 13.1. The van der Waals surface area contributed by atoms with Gasteiger partial charge in [0.2, 0.25) is 5.89 Å². The molecular formula is C14H10FNO2S2. The smallest absolute Gasteiger partial charge is 0.236 e. The molecule has 3 rings (SSSR count). The van der Waals surface area contributed by atoms with Crippen molar-refractivity contribution in [3.63, 3.8) is 0 Å². The number of benzene rings is 1. The van der Waals surface area contributed by atoms with Crippen LogP contribution in [-0.4, -0.2) is 9.19 Å². The summed E-state index contributed by atoms with van der Waals surface area (Å²) in [4.78, 5) is 5.67. The lowest BCUT2D eigenvalue weighted by atomic mass is 10.4. The Morgan fingerprint density at radius 3 is 2.95 bits per heavy atom. The molecule has 0 bridgehead atoms. The first-order chi connectivity index (χ1) is 9.72. The van der Waals surface area contributed by atoms with Crippen LogP contribution >= 0.6 is 11.3 Å². The summed E-state index contributed by atoms with van der Waals surface area (Å²) < 4.78 is 30.6. The van der Waals surface area contributed by atoms with Crippen LogP contribution in [0.4, 0.5) is 4.39 Å². The van der Waals surface area contributed by atoms with E-state index in [1.54, 1.807) is 12.1 Å². The first kappa shape index (κ1) is 13.2. The van der Waals surface area contributed by atoms with Crippen LogP contribution in [0.2, 0.25) is 0 Å². The highest BCUT2D eigenvalue weighted by atomic mass is 32.2. The van der Waals surface area contributed by atoms with Crippen LogP contribution in [0.3, 0.4) is 0 Å². The monoisotopic (exact) mass is 307 g/mol. The third-order valence-electron chi connectivity index (χ3n) is 2.62. The number of halogens is 1. The third kappa shape index (κ3) is 2.86. The second-order valence-electron chi connectivity index (χ2n) is 4.07. The Hall–Kier alpha value is -1.79. The molecule has 0 amide bonds. The van der Waals surface area contributed by atoms with Gasteiger partial charge in [-0.25, -0.2) is 9.37 Å². The lowest BCUT2D eigenvalue weighted by Crippen LogP contribution is -1.97. The predicted octanol–water partition coefficient (Wildman–Crippen LogP) is 3.85. The fourth-order valence-corrected chi connectivity index (χ4v) is 3.41. The molecule has 0 radical (unpaired) electrons. The summed E-state index contributed by atoms with van der Waals surface area (Å²) in [6.07, 6.45) is 1.49. The SMILES string of the molecule is O=[S@@](Cc1coc(-c2cccs2)n1)c1cccc(F)c1. The summed E-state index contributed by atoms with van der Waals surface area (Å²) in [7, 11) is -1.34. The Kier molecular flexibility index (Phi) is 3.75. The molecule has 102 valence electrons. The van der Waals surface area contributed by atoms with Crippen LogP contribution in [0.1, 0.15) is 5.69 Å². The molecule has 0 aliphatic rings. The van der Waals surface area contributed by atoms with Crippen LogP contribution in [0, 0.1) is 5.82 Å². The van der Waals surface area contributed by atoms with Gasteiger partial charge in [-0.3, -0.25) is 4.21 Å². The first-order valence-corrected chi connectivity index (χ1v) is 8.04. The van der Waals surface area contributed by atoms with Crippen molar-refractivity contribution in [3.05, 3.63) is 59.6 Å². The summed E-state index contributed by atoms with van der Waals surface area (Å²) in [5, 5.41) is 1.93. The van der Waals surface area contributed by atoms with E-state index in [0.29, 0.717) is 16.5 Å². The van der Waals surface area contributed by atoms with E-state index in [-0.39, 0.29) is 5.75 Å². The highest BCUT2D eigenvalue weighted by Crippen LogP contribution is 2.24. The molecule has 6 heteroatoms. The van der Waals surface area contributed by atoms with E-state index in [2.05, 4.69) is 4.98 Å². The zero-order chi connectivity index (χ0) is 13.9. The molecule has 0 fully saturated rings. The summed E-state index contributed by atoms with van der Waals surface area (Å²) in [5.41, 5.74) is 0.594. The van der Waals surface area contributed by atoms with Gasteiger partial charge >= 0.3 is 0 Å². The van der Waals surface area contributed by atoms with Gasteiger partial charge in [-0.05, 0) is 29.6 Å². The molecule has 0 aliphatic carbocycles. The van der Waals surface area contributed by atoms with Gasteiger partial charge in [0, 0.05) is 4.90 Å². The van der Waals surface area contributed by atoms with Crippen LogP contribution in [0.15, 0.2) is 57.4 Å². The van der Waals surface area contributed by atoms with Crippen molar-refractivity contribution in [3.8, 4) is 10.8 Å². The van der Waals surface area contributed by atoms with Gasteiger partial charge in [0.15, 0.2) is 0 Å². The topological polar surface area (TPSA) is 43.1 Å². The number of thiophene rings is 1. The molecule has 20 heavy (non-hydrogen) atoms. The number of nitrogens with zero attached hydrogens (tertiary/aromatic N) is 1. The Balaban J connectivity index is 1.77. The number of oxazole rings is 1. The van der Waals surface area contributed by atoms with Crippen LogP contribution in [0.5, 0.6) is 0 Å². The average Bonchev–Trinajstić information content (AvgIpc) is 3.08. The van der Waals surface area contributed by atoms with Gasteiger partial charge in [0.1, 0.15) is 12.1 Å². The van der Waals surface area contributed by atoms with E-state index in [1.807, 2.05) is 17.5 Å². The minimum atomic E-state index is -1.34. The quantitative estimate of drug-likeness (QED) is 0.735. The average molecular weight is 307 g/mol. The van der Waals surface area contributed by atoms with Crippen molar-refractivity contribution in [1.29, 1.82) is 0 Å². The minimum Gasteiger partial charge on any atom is -0.444 e. The van der Waals surface area contributed by atoms with E-state index in [9.17, 15) is 8.60 Å². The molecular weight excluding hydrogens is 297 g/mol. The standard InChI is InChI=1S/C14H10FNO2S2/c15-10-3-1-4-12(7-10)20(17)9-11-8-18-14(16-11)13-5-2-6-19-13/h1-8H,9H2/t20-/m0/s1. The summed E-state index contributed by atoms with van der Waals surface area (Å²) in [6.45, 7) is 0. The lowest BCUT2D eigenvalue weighted by molar-refractivity contribution is 0.574. The molecule has 3 nitrogen and oxygen atoms in total. The van der Waals surface area contributed by atoms with E-state index in [1.165, 1.54) is 29.7 Å². The normalized spacial score (nSPS) is 12.4. The van der Waals surface area contributed by atoms with Crippen molar-refractivity contribution in [1.82, 2.24) is 4.98 Å². The predicted molar refractivity (Wildman–Crippen MR) is 76.3 cm³/mol. The second-order valence-corrected chi connectivity index (χ2v) is 6.47. The van der Waals surface area contributed by atoms with E-state index in [4.69, 9.17) is 4.42 Å². The Bertz CT molecular complexity index is 737. The summed E-state index contributed by atoms with van der Waals surface area (Å²) in [5.74, 6) is 0.333. The summed E-state index contributed by atoms with van der Waals surface area (Å²) >= 11 is 1.52. The Labute approximate surface area is 121 Å². The molecule has 1 aromatic carbocycles. The molecule has 0 spiro atoms. The van der Waals surface area contributed by atoms with E-state index in [0.717, 1.165) is 4.88 Å². The molecule has 0 saturated heterocycles.